The quantitative estimate of drug-likeness (QED) is 0.632. The molecule has 0 saturated carbocycles. The van der Waals surface area contributed by atoms with Gasteiger partial charge >= 0.3 is 0 Å². The van der Waals surface area contributed by atoms with Crippen molar-refractivity contribution in [2.45, 2.75) is 0 Å². The van der Waals surface area contributed by atoms with Gasteiger partial charge in [0.25, 0.3) is 0 Å². The van der Waals surface area contributed by atoms with Crippen LogP contribution in [-0.2, 0) is 0 Å². The van der Waals surface area contributed by atoms with Crippen molar-refractivity contribution in [3.8, 4) is 0 Å². The predicted molar refractivity (Wildman–Crippen MR) is 60.7 cm³/mol. The molecule has 0 unspecified atom stereocenters. The van der Waals surface area contributed by atoms with Gasteiger partial charge in [-0.3, -0.25) is 9.20 Å². The molecule has 0 aliphatic rings. The summed E-state index contributed by atoms with van der Waals surface area (Å²) >= 11 is 1.22. The number of hydrogen-bond donors (Lipinski definition) is 0. The molecule has 78 valence electrons. The van der Waals surface area contributed by atoms with Gasteiger partial charge in [-0.2, -0.15) is 4.37 Å². The first-order chi connectivity index (χ1) is 7.86. The van der Waals surface area contributed by atoms with E-state index in [1.807, 2.05) is 18.2 Å². The normalized spacial score (nSPS) is 10.8. The molecule has 0 aliphatic carbocycles. The standard InChI is InChI=1S/C11H7N3OS/c15-9(8-4-2-1-3-5-8)10-13-16-11-12-6-7-14(10)11/h1-7H. The van der Waals surface area contributed by atoms with Crippen LogP contribution >= 0.6 is 11.5 Å². The molecule has 0 saturated heterocycles. The first kappa shape index (κ1) is 9.23. The highest BCUT2D eigenvalue weighted by Crippen LogP contribution is 2.13. The topological polar surface area (TPSA) is 47.3 Å². The Balaban J connectivity index is 2.12. The zero-order valence-electron chi connectivity index (χ0n) is 8.20. The zero-order chi connectivity index (χ0) is 11.0. The lowest BCUT2D eigenvalue weighted by Gasteiger charge is -1.96. The highest BCUT2D eigenvalue weighted by atomic mass is 32.1. The van der Waals surface area contributed by atoms with Gasteiger partial charge in [-0.05, 0) is 0 Å². The minimum atomic E-state index is -0.0788. The Morgan fingerprint density at radius 1 is 1.25 bits per heavy atom. The first-order valence-corrected chi connectivity index (χ1v) is 5.52. The first-order valence-electron chi connectivity index (χ1n) is 4.75. The number of rotatable bonds is 2. The Hall–Kier alpha value is -2.01. The summed E-state index contributed by atoms with van der Waals surface area (Å²) < 4.78 is 5.83. The number of hydrogen-bond acceptors (Lipinski definition) is 4. The summed E-state index contributed by atoms with van der Waals surface area (Å²) in [6.45, 7) is 0. The average molecular weight is 229 g/mol. The summed E-state index contributed by atoms with van der Waals surface area (Å²) in [5, 5.41) is 0. The number of nitrogens with zero attached hydrogens (tertiary/aromatic N) is 3. The molecule has 2 heterocycles. The lowest BCUT2D eigenvalue weighted by Crippen LogP contribution is -2.05. The van der Waals surface area contributed by atoms with Crippen LogP contribution in [0.1, 0.15) is 16.2 Å². The lowest BCUT2D eigenvalue weighted by molar-refractivity contribution is 0.102. The SMILES string of the molecule is O=C(c1ccccc1)c1nsc2nccn12. The van der Waals surface area contributed by atoms with Crippen LogP contribution in [0.5, 0.6) is 0 Å². The maximum atomic E-state index is 12.1. The summed E-state index contributed by atoms with van der Waals surface area (Å²) in [6.07, 6.45) is 3.41. The second kappa shape index (κ2) is 3.53. The molecule has 0 atom stereocenters. The number of fused-ring (bicyclic) bond motifs is 1. The molecule has 16 heavy (non-hydrogen) atoms. The van der Waals surface area contributed by atoms with E-state index in [4.69, 9.17) is 0 Å². The van der Waals surface area contributed by atoms with Gasteiger partial charge in [0.15, 0.2) is 5.82 Å². The van der Waals surface area contributed by atoms with Crippen LogP contribution < -0.4 is 0 Å². The molecular weight excluding hydrogens is 222 g/mol. The van der Waals surface area contributed by atoms with E-state index in [0.29, 0.717) is 11.4 Å². The van der Waals surface area contributed by atoms with Gasteiger partial charge in [0, 0.05) is 29.5 Å². The summed E-state index contributed by atoms with van der Waals surface area (Å²) in [6, 6.07) is 9.12. The number of aromatic nitrogens is 3. The maximum Gasteiger partial charge on any atom is 0.229 e. The Bertz CT molecular complexity index is 641. The van der Waals surface area contributed by atoms with Crippen molar-refractivity contribution < 1.29 is 4.79 Å². The van der Waals surface area contributed by atoms with Gasteiger partial charge in [0.05, 0.1) is 0 Å². The van der Waals surface area contributed by atoms with Crippen LogP contribution in [0.2, 0.25) is 0 Å². The molecule has 2 aromatic heterocycles. The fourth-order valence-electron chi connectivity index (χ4n) is 1.52. The molecule has 0 fully saturated rings. The zero-order valence-corrected chi connectivity index (χ0v) is 9.02. The molecule has 0 N–H and O–H groups in total. The van der Waals surface area contributed by atoms with Crippen molar-refractivity contribution in [1.29, 1.82) is 0 Å². The van der Waals surface area contributed by atoms with Crippen molar-refractivity contribution in [2.24, 2.45) is 0 Å². The molecule has 0 bridgehead atoms. The van der Waals surface area contributed by atoms with Crippen LogP contribution in [-0.4, -0.2) is 19.5 Å². The molecular formula is C11H7N3OS. The van der Waals surface area contributed by atoms with E-state index in [9.17, 15) is 4.79 Å². The third kappa shape index (κ3) is 1.33. The van der Waals surface area contributed by atoms with Crippen molar-refractivity contribution in [3.63, 3.8) is 0 Å². The Labute approximate surface area is 95.4 Å². The Morgan fingerprint density at radius 2 is 2.06 bits per heavy atom. The van der Waals surface area contributed by atoms with Crippen molar-refractivity contribution in [1.82, 2.24) is 13.8 Å². The number of carbonyl (C=O) groups excluding carboxylic acids is 1. The summed E-state index contributed by atoms with van der Waals surface area (Å²) in [5.41, 5.74) is 0.642. The molecule has 0 spiro atoms. The third-order valence-electron chi connectivity index (χ3n) is 2.29. The van der Waals surface area contributed by atoms with Crippen molar-refractivity contribution in [2.75, 3.05) is 0 Å². The number of carbonyl (C=O) groups is 1. The molecule has 5 heteroatoms. The van der Waals surface area contributed by atoms with Gasteiger partial charge < -0.3 is 0 Å². The Kier molecular flexibility index (Phi) is 2.04. The van der Waals surface area contributed by atoms with E-state index in [2.05, 4.69) is 9.36 Å². The van der Waals surface area contributed by atoms with Gasteiger partial charge in [0.2, 0.25) is 10.7 Å². The largest absolute Gasteiger partial charge is 0.285 e. The van der Waals surface area contributed by atoms with Crippen LogP contribution in [0, 0.1) is 0 Å². The minimum Gasteiger partial charge on any atom is -0.285 e. The number of ketones is 1. The van der Waals surface area contributed by atoms with E-state index < -0.39 is 0 Å². The molecule has 0 radical (unpaired) electrons. The summed E-state index contributed by atoms with van der Waals surface area (Å²) in [4.78, 5) is 16.9. The van der Waals surface area contributed by atoms with E-state index in [1.54, 1.807) is 28.9 Å². The van der Waals surface area contributed by atoms with Crippen LogP contribution in [0.4, 0.5) is 0 Å². The molecule has 1 aromatic carbocycles. The van der Waals surface area contributed by atoms with Gasteiger partial charge in [-0.25, -0.2) is 4.98 Å². The smallest absolute Gasteiger partial charge is 0.229 e. The predicted octanol–water partition coefficient (Wildman–Crippen LogP) is 2.02. The summed E-state index contributed by atoms with van der Waals surface area (Å²) in [5.74, 6) is 0.341. The monoisotopic (exact) mass is 229 g/mol. The number of imidazole rings is 1. The van der Waals surface area contributed by atoms with Crippen LogP contribution in [0.3, 0.4) is 0 Å². The summed E-state index contributed by atoms with van der Waals surface area (Å²) in [7, 11) is 0. The molecule has 4 nitrogen and oxygen atoms in total. The van der Waals surface area contributed by atoms with Crippen LogP contribution in [0.15, 0.2) is 42.7 Å². The van der Waals surface area contributed by atoms with Crippen LogP contribution in [0.25, 0.3) is 4.96 Å². The van der Waals surface area contributed by atoms with E-state index in [0.717, 1.165) is 4.96 Å². The average Bonchev–Trinajstić information content (AvgIpc) is 2.91. The van der Waals surface area contributed by atoms with E-state index in [-0.39, 0.29) is 5.78 Å². The van der Waals surface area contributed by atoms with Gasteiger partial charge in [-0.15, -0.1) is 0 Å². The van der Waals surface area contributed by atoms with Crippen molar-refractivity contribution in [3.05, 3.63) is 54.1 Å². The second-order valence-electron chi connectivity index (χ2n) is 3.28. The third-order valence-corrected chi connectivity index (χ3v) is 3.02. The molecule has 0 aliphatic heterocycles. The Morgan fingerprint density at radius 3 is 2.88 bits per heavy atom. The second-order valence-corrected chi connectivity index (χ2v) is 4.01. The van der Waals surface area contributed by atoms with Gasteiger partial charge in [-0.1, -0.05) is 30.3 Å². The van der Waals surface area contributed by atoms with Crippen molar-refractivity contribution >= 4 is 22.3 Å². The molecule has 3 rings (SSSR count). The fourth-order valence-corrected chi connectivity index (χ4v) is 2.20. The lowest BCUT2D eigenvalue weighted by atomic mass is 10.1. The minimum absolute atomic E-state index is 0.0788. The van der Waals surface area contributed by atoms with E-state index in [1.165, 1.54) is 11.5 Å². The van der Waals surface area contributed by atoms with Gasteiger partial charge in [0.1, 0.15) is 0 Å². The highest BCUT2D eigenvalue weighted by molar-refractivity contribution is 7.11. The van der Waals surface area contributed by atoms with E-state index >= 15 is 0 Å². The highest BCUT2D eigenvalue weighted by Gasteiger charge is 2.15. The fraction of sp³-hybridized carbons (Fsp3) is 0. The number of benzene rings is 1. The molecule has 3 aromatic rings. The maximum absolute atomic E-state index is 12.1. The molecule has 0 amide bonds.